The van der Waals surface area contributed by atoms with E-state index in [9.17, 15) is 9.59 Å². The van der Waals surface area contributed by atoms with E-state index in [0.29, 0.717) is 49.5 Å². The maximum absolute atomic E-state index is 12.7. The van der Waals surface area contributed by atoms with Crippen molar-refractivity contribution in [3.8, 4) is 6.07 Å². The van der Waals surface area contributed by atoms with Gasteiger partial charge in [0.1, 0.15) is 5.60 Å². The van der Waals surface area contributed by atoms with E-state index >= 15 is 0 Å². The average Bonchev–Trinajstić information content (AvgIpc) is 3.00. The number of carbonyl (C=O) groups excluding carboxylic acids is 2. The molecule has 27 heavy (non-hydrogen) atoms. The van der Waals surface area contributed by atoms with Crippen LogP contribution in [0.15, 0.2) is 24.3 Å². The second-order valence-electron chi connectivity index (χ2n) is 7.60. The number of carbonyl (C=O) groups is 2. The summed E-state index contributed by atoms with van der Waals surface area (Å²) in [6.45, 7) is 6.83. The lowest BCUT2D eigenvalue weighted by Gasteiger charge is -2.37. The Morgan fingerprint density at radius 3 is 2.41 bits per heavy atom. The second-order valence-corrected chi connectivity index (χ2v) is 7.60. The summed E-state index contributed by atoms with van der Waals surface area (Å²) in [6.07, 6.45) is 3.23. The fraction of sp³-hybridized carbons (Fsp3) is 0.571. The number of rotatable bonds is 5. The van der Waals surface area contributed by atoms with Gasteiger partial charge >= 0.3 is 6.09 Å². The quantitative estimate of drug-likeness (QED) is 0.797. The molecule has 2 aliphatic heterocycles. The van der Waals surface area contributed by atoms with Crippen LogP contribution in [0, 0.1) is 17.2 Å². The lowest BCUT2D eigenvalue weighted by Crippen LogP contribution is -2.48. The van der Waals surface area contributed by atoms with Crippen LogP contribution in [0.1, 0.15) is 55.5 Å². The Kier molecular flexibility index (Phi) is 5.69. The topological polar surface area (TPSA) is 73.6 Å². The molecule has 2 saturated heterocycles. The van der Waals surface area contributed by atoms with Gasteiger partial charge in [-0.25, -0.2) is 4.79 Å². The largest absolute Gasteiger partial charge is 0.441 e. The van der Waals surface area contributed by atoms with E-state index in [1.165, 1.54) is 0 Å². The first-order valence-electron chi connectivity index (χ1n) is 9.77. The molecule has 3 rings (SSSR count). The highest BCUT2D eigenvalue weighted by Gasteiger charge is 2.47. The molecule has 2 heterocycles. The number of likely N-dealkylation sites (tertiary alicyclic amines) is 1. The van der Waals surface area contributed by atoms with E-state index in [4.69, 9.17) is 10.00 Å². The maximum Gasteiger partial charge on any atom is 0.410 e. The van der Waals surface area contributed by atoms with Crippen LogP contribution in [0.5, 0.6) is 0 Å². The van der Waals surface area contributed by atoms with Crippen LogP contribution in [0.2, 0.25) is 0 Å². The van der Waals surface area contributed by atoms with Crippen molar-refractivity contribution in [1.82, 2.24) is 9.80 Å². The average molecular weight is 369 g/mol. The van der Waals surface area contributed by atoms with Crippen LogP contribution < -0.4 is 0 Å². The van der Waals surface area contributed by atoms with Gasteiger partial charge in [-0.2, -0.15) is 5.26 Å². The Morgan fingerprint density at radius 1 is 1.22 bits per heavy atom. The summed E-state index contributed by atoms with van der Waals surface area (Å²) in [5.41, 5.74) is 0.674. The molecule has 2 amide bonds. The van der Waals surface area contributed by atoms with Gasteiger partial charge in [0.2, 0.25) is 0 Å². The first kappa shape index (κ1) is 19.2. The zero-order valence-electron chi connectivity index (χ0n) is 16.1. The molecular weight excluding hydrogens is 342 g/mol. The third kappa shape index (κ3) is 4.08. The number of hydrogen-bond donors (Lipinski definition) is 0. The van der Waals surface area contributed by atoms with Crippen LogP contribution in [0.3, 0.4) is 0 Å². The fourth-order valence-electron chi connectivity index (χ4n) is 3.94. The van der Waals surface area contributed by atoms with E-state index in [2.05, 4.69) is 19.9 Å². The predicted octanol–water partition coefficient (Wildman–Crippen LogP) is 3.42. The third-order valence-corrected chi connectivity index (χ3v) is 5.90. The summed E-state index contributed by atoms with van der Waals surface area (Å²) in [4.78, 5) is 28.6. The molecule has 2 aliphatic rings. The molecule has 0 atom stereocenters. The van der Waals surface area contributed by atoms with E-state index in [0.717, 1.165) is 19.4 Å². The van der Waals surface area contributed by atoms with Crippen LogP contribution >= 0.6 is 0 Å². The lowest BCUT2D eigenvalue weighted by atomic mass is 9.90. The number of nitriles is 1. The minimum absolute atomic E-state index is 0.0347. The van der Waals surface area contributed by atoms with Crippen molar-refractivity contribution in [2.75, 3.05) is 26.2 Å². The minimum Gasteiger partial charge on any atom is -0.441 e. The molecule has 0 N–H and O–H groups in total. The molecule has 0 bridgehead atoms. The summed E-state index contributed by atoms with van der Waals surface area (Å²) in [6, 6.07) is 8.76. The second kappa shape index (κ2) is 7.99. The highest BCUT2D eigenvalue weighted by atomic mass is 16.6. The molecule has 1 spiro atoms. The van der Waals surface area contributed by atoms with E-state index in [-0.39, 0.29) is 12.0 Å². The summed E-state index contributed by atoms with van der Waals surface area (Å²) in [7, 11) is 0. The molecule has 2 fully saturated rings. The molecule has 6 heteroatoms. The van der Waals surface area contributed by atoms with Gasteiger partial charge in [0.05, 0.1) is 18.2 Å². The van der Waals surface area contributed by atoms with Crippen LogP contribution in [0.4, 0.5) is 4.79 Å². The van der Waals surface area contributed by atoms with E-state index < -0.39 is 5.60 Å². The molecule has 0 radical (unpaired) electrons. The Labute approximate surface area is 160 Å². The number of amides is 2. The number of piperidine rings is 1. The molecule has 1 aromatic carbocycles. The van der Waals surface area contributed by atoms with Crippen molar-refractivity contribution in [3.63, 3.8) is 0 Å². The van der Waals surface area contributed by atoms with Gasteiger partial charge in [-0.3, -0.25) is 4.79 Å². The molecule has 144 valence electrons. The van der Waals surface area contributed by atoms with Crippen molar-refractivity contribution in [3.05, 3.63) is 35.4 Å². The zero-order chi connectivity index (χ0) is 19.4. The van der Waals surface area contributed by atoms with Gasteiger partial charge in [-0.15, -0.1) is 0 Å². The number of benzene rings is 1. The predicted molar refractivity (Wildman–Crippen MR) is 101 cm³/mol. The summed E-state index contributed by atoms with van der Waals surface area (Å²) in [5, 5.41) is 8.87. The first-order valence-corrected chi connectivity index (χ1v) is 9.77. The highest BCUT2D eigenvalue weighted by molar-refractivity contribution is 5.94. The summed E-state index contributed by atoms with van der Waals surface area (Å²) in [5.74, 6) is 0.471. The maximum atomic E-state index is 12.7. The number of hydrogen-bond acceptors (Lipinski definition) is 4. The Balaban J connectivity index is 1.59. The summed E-state index contributed by atoms with van der Waals surface area (Å²) < 4.78 is 5.77. The van der Waals surface area contributed by atoms with Crippen LogP contribution in [0.25, 0.3) is 0 Å². The van der Waals surface area contributed by atoms with Crippen LogP contribution in [-0.2, 0) is 4.74 Å². The third-order valence-electron chi connectivity index (χ3n) is 5.90. The Bertz CT molecular complexity index is 726. The smallest absolute Gasteiger partial charge is 0.410 e. The van der Waals surface area contributed by atoms with Gasteiger partial charge in [0, 0.05) is 38.0 Å². The van der Waals surface area contributed by atoms with Gasteiger partial charge in [-0.1, -0.05) is 26.7 Å². The monoisotopic (exact) mass is 369 g/mol. The molecule has 1 aromatic rings. The van der Waals surface area contributed by atoms with Crippen molar-refractivity contribution in [2.24, 2.45) is 5.92 Å². The van der Waals surface area contributed by atoms with Crippen LogP contribution in [-0.4, -0.2) is 53.6 Å². The molecule has 6 nitrogen and oxygen atoms in total. The van der Waals surface area contributed by atoms with Gasteiger partial charge < -0.3 is 14.5 Å². The standard InChI is InChI=1S/C21H27N3O3/c1-3-16(4-2)14-24-15-21(27-20(24)26)9-11-23(12-10-21)19(25)18-7-5-17(13-22)6-8-18/h5-8,16H,3-4,9-12,14-15H2,1-2H3. The fourth-order valence-corrected chi connectivity index (χ4v) is 3.94. The minimum atomic E-state index is -0.454. The van der Waals surface area contributed by atoms with E-state index in [1.807, 2.05) is 9.80 Å². The molecule has 0 unspecified atom stereocenters. The van der Waals surface area contributed by atoms with Crippen molar-refractivity contribution in [2.45, 2.75) is 45.1 Å². The SMILES string of the molecule is CCC(CC)CN1CC2(CCN(C(=O)c3ccc(C#N)cc3)CC2)OC1=O. The Hall–Kier alpha value is -2.55. The van der Waals surface area contributed by atoms with Crippen molar-refractivity contribution in [1.29, 1.82) is 5.26 Å². The normalized spacial score (nSPS) is 18.7. The van der Waals surface area contributed by atoms with Crippen molar-refractivity contribution >= 4 is 12.0 Å². The molecule has 0 saturated carbocycles. The molecule has 0 aromatic heterocycles. The summed E-state index contributed by atoms with van der Waals surface area (Å²) >= 11 is 0. The molecule has 0 aliphatic carbocycles. The van der Waals surface area contributed by atoms with Gasteiger partial charge in [-0.05, 0) is 30.2 Å². The number of ether oxygens (including phenoxy) is 1. The highest BCUT2D eigenvalue weighted by Crippen LogP contribution is 2.34. The molecular formula is C21H27N3O3. The zero-order valence-corrected chi connectivity index (χ0v) is 16.1. The first-order chi connectivity index (χ1) is 13.0. The van der Waals surface area contributed by atoms with Crippen molar-refractivity contribution < 1.29 is 14.3 Å². The van der Waals surface area contributed by atoms with Gasteiger partial charge in [0.15, 0.2) is 0 Å². The van der Waals surface area contributed by atoms with Gasteiger partial charge in [0.25, 0.3) is 5.91 Å². The number of nitrogens with zero attached hydrogens (tertiary/aromatic N) is 3. The van der Waals surface area contributed by atoms with E-state index in [1.54, 1.807) is 24.3 Å². The Morgan fingerprint density at radius 2 is 1.85 bits per heavy atom. The lowest BCUT2D eigenvalue weighted by molar-refractivity contribution is 0.00312.